The molecule has 2 aromatic rings. The molecule has 0 amide bonds. The van der Waals surface area contributed by atoms with Crippen LogP contribution in [0.1, 0.15) is 25.5 Å². The van der Waals surface area contributed by atoms with Crippen LogP contribution in [0.3, 0.4) is 0 Å². The molecule has 28 heavy (non-hydrogen) atoms. The van der Waals surface area contributed by atoms with Crippen LogP contribution in [0.4, 0.5) is 5.69 Å². The van der Waals surface area contributed by atoms with Gasteiger partial charge in [-0.3, -0.25) is 4.90 Å². The fourth-order valence-electron chi connectivity index (χ4n) is 3.93. The van der Waals surface area contributed by atoms with Crippen LogP contribution in [0.25, 0.3) is 0 Å². The molecule has 0 unspecified atom stereocenters. The van der Waals surface area contributed by atoms with Gasteiger partial charge in [0.15, 0.2) is 11.5 Å². The largest absolute Gasteiger partial charge is 0.495 e. The van der Waals surface area contributed by atoms with Gasteiger partial charge in [-0.1, -0.05) is 17.7 Å². The number of ether oxygens (including phenoxy) is 3. The lowest BCUT2D eigenvalue weighted by molar-refractivity contribution is 0.138. The molecule has 0 aliphatic carbocycles. The molecule has 6 heteroatoms. The Kier molecular flexibility index (Phi) is 6.57. The lowest BCUT2D eigenvalue weighted by Gasteiger charge is -2.44. The van der Waals surface area contributed by atoms with Crippen molar-refractivity contribution in [3.8, 4) is 17.2 Å². The lowest BCUT2D eigenvalue weighted by Crippen LogP contribution is -2.52. The number of hydrogen-bond donors (Lipinski definition) is 0. The van der Waals surface area contributed by atoms with Crippen molar-refractivity contribution in [1.29, 1.82) is 0 Å². The van der Waals surface area contributed by atoms with Crippen molar-refractivity contribution in [2.75, 3.05) is 45.9 Å². The van der Waals surface area contributed by atoms with Gasteiger partial charge in [-0.2, -0.15) is 0 Å². The van der Waals surface area contributed by atoms with Crippen LogP contribution in [0.5, 0.6) is 17.2 Å². The molecule has 1 aliphatic heterocycles. The van der Waals surface area contributed by atoms with Gasteiger partial charge in [0, 0.05) is 43.5 Å². The molecule has 1 fully saturated rings. The number of halogens is 1. The van der Waals surface area contributed by atoms with Gasteiger partial charge < -0.3 is 19.1 Å². The maximum absolute atomic E-state index is 6.17. The summed E-state index contributed by atoms with van der Waals surface area (Å²) in [6, 6.07) is 12.8. The number of methoxy groups -OCH3 is 3. The van der Waals surface area contributed by atoms with Crippen LogP contribution in [-0.2, 0) is 0 Å². The van der Waals surface area contributed by atoms with Crippen LogP contribution >= 0.6 is 11.6 Å². The monoisotopic (exact) mass is 404 g/mol. The number of nitrogens with zero attached hydrogens (tertiary/aromatic N) is 2. The van der Waals surface area contributed by atoms with Crippen LogP contribution in [0.2, 0.25) is 5.02 Å². The van der Waals surface area contributed by atoms with E-state index in [-0.39, 0.29) is 6.04 Å². The van der Waals surface area contributed by atoms with Crippen LogP contribution < -0.4 is 19.1 Å². The summed E-state index contributed by atoms with van der Waals surface area (Å²) in [6.07, 6.45) is 0. The number of hydrogen-bond acceptors (Lipinski definition) is 5. The Balaban J connectivity index is 1.73. The normalized spacial score (nSPS) is 18.6. The summed E-state index contributed by atoms with van der Waals surface area (Å²) >= 11 is 6.17. The van der Waals surface area contributed by atoms with Gasteiger partial charge in [-0.15, -0.1) is 0 Å². The van der Waals surface area contributed by atoms with Crippen LogP contribution in [0.15, 0.2) is 36.4 Å². The third-order valence-corrected chi connectivity index (χ3v) is 5.88. The van der Waals surface area contributed by atoms with E-state index in [0.29, 0.717) is 16.8 Å². The molecule has 0 N–H and O–H groups in total. The summed E-state index contributed by atoms with van der Waals surface area (Å²) in [5.74, 6) is 2.24. The topological polar surface area (TPSA) is 34.2 Å². The molecule has 2 atom stereocenters. The minimum absolute atomic E-state index is 0.289. The molecule has 1 saturated heterocycles. The van der Waals surface area contributed by atoms with Crippen molar-refractivity contribution in [3.63, 3.8) is 0 Å². The summed E-state index contributed by atoms with van der Waals surface area (Å²) in [7, 11) is 4.98. The Bertz CT molecular complexity index is 814. The summed E-state index contributed by atoms with van der Waals surface area (Å²) in [4.78, 5) is 4.92. The molecule has 0 spiro atoms. The second kappa shape index (κ2) is 8.93. The summed E-state index contributed by atoms with van der Waals surface area (Å²) in [5, 5.41) is 0.639. The molecule has 2 aromatic carbocycles. The molecular weight excluding hydrogens is 376 g/mol. The molecule has 0 radical (unpaired) electrons. The van der Waals surface area contributed by atoms with Gasteiger partial charge >= 0.3 is 0 Å². The van der Waals surface area contributed by atoms with E-state index < -0.39 is 0 Å². The van der Waals surface area contributed by atoms with Crippen LogP contribution in [0, 0.1) is 0 Å². The first-order valence-electron chi connectivity index (χ1n) is 9.54. The predicted molar refractivity (Wildman–Crippen MR) is 114 cm³/mol. The average molecular weight is 405 g/mol. The summed E-state index contributed by atoms with van der Waals surface area (Å²) in [5.41, 5.74) is 2.37. The van der Waals surface area contributed by atoms with Crippen molar-refractivity contribution in [3.05, 3.63) is 47.0 Å². The lowest BCUT2D eigenvalue weighted by atomic mass is 10.0. The molecule has 152 valence electrons. The SMILES string of the molecule is COc1cc(N2CCN([C@H](C)c3ccc(OC)c(OC)c3)[C@@H](C)C2)ccc1Cl. The zero-order chi connectivity index (χ0) is 20.3. The van der Waals surface area contributed by atoms with E-state index in [1.807, 2.05) is 18.2 Å². The molecule has 1 heterocycles. The van der Waals surface area contributed by atoms with Gasteiger partial charge in [0.25, 0.3) is 0 Å². The number of piperazine rings is 1. The smallest absolute Gasteiger partial charge is 0.161 e. The van der Waals surface area contributed by atoms with Crippen molar-refractivity contribution in [2.45, 2.75) is 25.9 Å². The highest BCUT2D eigenvalue weighted by Gasteiger charge is 2.28. The molecular formula is C22H29ClN2O3. The van der Waals surface area contributed by atoms with Gasteiger partial charge in [-0.25, -0.2) is 0 Å². The van der Waals surface area contributed by atoms with E-state index in [9.17, 15) is 0 Å². The Morgan fingerprint density at radius 1 is 0.929 bits per heavy atom. The fraction of sp³-hybridized carbons (Fsp3) is 0.455. The van der Waals surface area contributed by atoms with Crippen LogP contribution in [-0.4, -0.2) is 51.9 Å². The second-order valence-electron chi connectivity index (χ2n) is 7.14. The third kappa shape index (κ3) is 4.15. The average Bonchev–Trinajstić information content (AvgIpc) is 2.73. The Labute approximate surface area is 172 Å². The standard InChI is InChI=1S/C22H29ClN2O3/c1-15-14-24(18-7-8-19(23)21(13-18)27-4)10-11-25(15)16(2)17-6-9-20(26-3)22(12-17)28-5/h6-9,12-13,15-16H,10-11,14H2,1-5H3/t15-,16+/m0/s1. The van der Waals surface area contributed by atoms with E-state index in [2.05, 4.69) is 41.8 Å². The quantitative estimate of drug-likeness (QED) is 0.700. The number of rotatable bonds is 6. The summed E-state index contributed by atoms with van der Waals surface area (Å²) in [6.45, 7) is 7.39. The number of anilines is 1. The first-order valence-corrected chi connectivity index (χ1v) is 9.92. The van der Waals surface area contributed by atoms with Crippen molar-refractivity contribution < 1.29 is 14.2 Å². The minimum Gasteiger partial charge on any atom is -0.495 e. The Morgan fingerprint density at radius 2 is 1.64 bits per heavy atom. The van der Waals surface area contributed by atoms with E-state index in [0.717, 1.165) is 36.8 Å². The van der Waals surface area contributed by atoms with Crippen molar-refractivity contribution in [2.24, 2.45) is 0 Å². The fourth-order valence-corrected chi connectivity index (χ4v) is 4.13. The highest BCUT2D eigenvalue weighted by molar-refractivity contribution is 6.32. The van der Waals surface area contributed by atoms with Gasteiger partial charge in [0.05, 0.1) is 26.4 Å². The third-order valence-electron chi connectivity index (χ3n) is 5.57. The molecule has 0 saturated carbocycles. The van der Waals surface area contributed by atoms with Gasteiger partial charge in [0.2, 0.25) is 0 Å². The van der Waals surface area contributed by atoms with Gasteiger partial charge in [-0.05, 0) is 43.7 Å². The highest BCUT2D eigenvalue weighted by atomic mass is 35.5. The number of benzene rings is 2. The van der Waals surface area contributed by atoms with E-state index in [1.54, 1.807) is 21.3 Å². The van der Waals surface area contributed by atoms with Crippen molar-refractivity contribution in [1.82, 2.24) is 4.90 Å². The van der Waals surface area contributed by atoms with Gasteiger partial charge in [0.1, 0.15) is 5.75 Å². The first-order chi connectivity index (χ1) is 13.5. The maximum atomic E-state index is 6.17. The first kappa shape index (κ1) is 20.6. The molecule has 5 nitrogen and oxygen atoms in total. The molecule has 1 aliphatic rings. The molecule has 3 rings (SSSR count). The van der Waals surface area contributed by atoms with E-state index in [1.165, 1.54) is 5.56 Å². The zero-order valence-corrected chi connectivity index (χ0v) is 18.0. The maximum Gasteiger partial charge on any atom is 0.161 e. The van der Waals surface area contributed by atoms with E-state index >= 15 is 0 Å². The Hall–Kier alpha value is -2.11. The molecule has 0 aromatic heterocycles. The second-order valence-corrected chi connectivity index (χ2v) is 7.55. The molecule has 0 bridgehead atoms. The highest BCUT2D eigenvalue weighted by Crippen LogP contribution is 2.34. The zero-order valence-electron chi connectivity index (χ0n) is 17.2. The predicted octanol–water partition coefficient (Wildman–Crippen LogP) is 4.64. The minimum atomic E-state index is 0.289. The van der Waals surface area contributed by atoms with Crippen molar-refractivity contribution >= 4 is 17.3 Å². The Morgan fingerprint density at radius 3 is 2.29 bits per heavy atom. The van der Waals surface area contributed by atoms with E-state index in [4.69, 9.17) is 25.8 Å². The summed E-state index contributed by atoms with van der Waals surface area (Å²) < 4.78 is 16.2.